The standard InChI is InChI=1S/C16H22N2O/c1-12(17)10-14-5-7-15(8-6-14)18(3)11-16-9-4-13(2)19-16/h4-9,12H,10-11,17H2,1-3H3. The van der Waals surface area contributed by atoms with E-state index in [0.717, 1.165) is 24.5 Å². The quantitative estimate of drug-likeness (QED) is 0.896. The molecule has 0 radical (unpaired) electrons. The van der Waals surface area contributed by atoms with Crippen LogP contribution in [-0.2, 0) is 13.0 Å². The third kappa shape index (κ3) is 3.86. The van der Waals surface area contributed by atoms with Crippen LogP contribution in [0.25, 0.3) is 0 Å². The molecule has 0 saturated heterocycles. The lowest BCUT2D eigenvalue weighted by Crippen LogP contribution is -2.18. The van der Waals surface area contributed by atoms with Gasteiger partial charge in [0.25, 0.3) is 0 Å². The van der Waals surface area contributed by atoms with Gasteiger partial charge in [0.05, 0.1) is 6.54 Å². The van der Waals surface area contributed by atoms with Gasteiger partial charge in [-0.25, -0.2) is 0 Å². The van der Waals surface area contributed by atoms with Crippen LogP contribution in [-0.4, -0.2) is 13.1 Å². The van der Waals surface area contributed by atoms with Crippen molar-refractivity contribution >= 4 is 5.69 Å². The predicted octanol–water partition coefficient (Wildman–Crippen LogP) is 3.11. The lowest BCUT2D eigenvalue weighted by atomic mass is 10.1. The van der Waals surface area contributed by atoms with E-state index in [1.54, 1.807) is 0 Å². The fraction of sp³-hybridized carbons (Fsp3) is 0.375. The van der Waals surface area contributed by atoms with Gasteiger partial charge in [-0.15, -0.1) is 0 Å². The maximum Gasteiger partial charge on any atom is 0.123 e. The van der Waals surface area contributed by atoms with E-state index in [1.165, 1.54) is 11.3 Å². The Morgan fingerprint density at radius 3 is 2.37 bits per heavy atom. The average Bonchev–Trinajstić information content (AvgIpc) is 2.75. The number of nitrogens with two attached hydrogens (primary N) is 1. The van der Waals surface area contributed by atoms with Crippen LogP contribution >= 0.6 is 0 Å². The van der Waals surface area contributed by atoms with Crippen LogP contribution in [0.5, 0.6) is 0 Å². The Hall–Kier alpha value is -1.74. The summed E-state index contributed by atoms with van der Waals surface area (Å²) in [4.78, 5) is 2.17. The molecule has 1 atom stereocenters. The van der Waals surface area contributed by atoms with E-state index in [0.29, 0.717) is 0 Å². The molecule has 0 bridgehead atoms. The molecular weight excluding hydrogens is 236 g/mol. The Morgan fingerprint density at radius 1 is 1.16 bits per heavy atom. The molecule has 1 aromatic carbocycles. The number of furan rings is 1. The molecule has 0 spiro atoms. The highest BCUT2D eigenvalue weighted by atomic mass is 16.3. The molecule has 2 aromatic rings. The molecule has 3 heteroatoms. The minimum absolute atomic E-state index is 0.203. The van der Waals surface area contributed by atoms with E-state index in [-0.39, 0.29) is 6.04 Å². The van der Waals surface area contributed by atoms with Crippen LogP contribution in [0.2, 0.25) is 0 Å². The van der Waals surface area contributed by atoms with E-state index < -0.39 is 0 Å². The van der Waals surface area contributed by atoms with E-state index in [1.807, 2.05) is 26.0 Å². The van der Waals surface area contributed by atoms with Crippen molar-refractivity contribution in [1.82, 2.24) is 0 Å². The number of benzene rings is 1. The van der Waals surface area contributed by atoms with Gasteiger partial charge in [-0.2, -0.15) is 0 Å². The largest absolute Gasteiger partial charge is 0.464 e. The van der Waals surface area contributed by atoms with Gasteiger partial charge in [0.2, 0.25) is 0 Å². The fourth-order valence-electron chi connectivity index (χ4n) is 2.15. The van der Waals surface area contributed by atoms with Gasteiger partial charge in [-0.3, -0.25) is 0 Å². The van der Waals surface area contributed by atoms with E-state index >= 15 is 0 Å². The Morgan fingerprint density at radius 2 is 1.84 bits per heavy atom. The maximum absolute atomic E-state index is 5.80. The topological polar surface area (TPSA) is 42.4 Å². The summed E-state index contributed by atoms with van der Waals surface area (Å²) in [5, 5.41) is 0. The molecule has 0 saturated carbocycles. The second-order valence-corrected chi connectivity index (χ2v) is 5.22. The number of hydrogen-bond acceptors (Lipinski definition) is 3. The van der Waals surface area contributed by atoms with Gasteiger partial charge in [0.1, 0.15) is 11.5 Å². The van der Waals surface area contributed by atoms with Crippen LogP contribution in [0.4, 0.5) is 5.69 Å². The smallest absolute Gasteiger partial charge is 0.123 e. The van der Waals surface area contributed by atoms with E-state index in [4.69, 9.17) is 10.2 Å². The minimum atomic E-state index is 0.203. The molecule has 0 aliphatic rings. The number of rotatable bonds is 5. The second kappa shape index (κ2) is 5.93. The second-order valence-electron chi connectivity index (χ2n) is 5.22. The molecule has 1 unspecified atom stereocenters. The van der Waals surface area contributed by atoms with Crippen LogP contribution in [0.1, 0.15) is 24.0 Å². The lowest BCUT2D eigenvalue weighted by Gasteiger charge is -2.18. The van der Waals surface area contributed by atoms with Crippen molar-refractivity contribution in [3.8, 4) is 0 Å². The lowest BCUT2D eigenvalue weighted by molar-refractivity contribution is 0.482. The van der Waals surface area contributed by atoms with Crippen molar-refractivity contribution in [1.29, 1.82) is 0 Å². The first-order chi connectivity index (χ1) is 9.04. The van der Waals surface area contributed by atoms with Crippen molar-refractivity contribution in [3.63, 3.8) is 0 Å². The fourth-order valence-corrected chi connectivity index (χ4v) is 2.15. The number of aryl methyl sites for hydroxylation is 1. The van der Waals surface area contributed by atoms with Crippen molar-refractivity contribution in [2.24, 2.45) is 5.73 Å². The summed E-state index contributed by atoms with van der Waals surface area (Å²) >= 11 is 0. The molecule has 3 nitrogen and oxygen atoms in total. The molecule has 19 heavy (non-hydrogen) atoms. The predicted molar refractivity (Wildman–Crippen MR) is 79.3 cm³/mol. The Labute approximate surface area is 115 Å². The molecule has 1 heterocycles. The van der Waals surface area contributed by atoms with Gasteiger partial charge in [-0.1, -0.05) is 12.1 Å². The number of hydrogen-bond donors (Lipinski definition) is 1. The highest BCUT2D eigenvalue weighted by Gasteiger charge is 2.05. The van der Waals surface area contributed by atoms with Gasteiger partial charge in [-0.05, 0) is 50.1 Å². The highest BCUT2D eigenvalue weighted by Crippen LogP contribution is 2.18. The van der Waals surface area contributed by atoms with Gasteiger partial charge in [0.15, 0.2) is 0 Å². The first-order valence-electron chi connectivity index (χ1n) is 6.65. The first-order valence-corrected chi connectivity index (χ1v) is 6.65. The Bertz CT molecular complexity index is 514. The van der Waals surface area contributed by atoms with Crippen molar-refractivity contribution in [2.45, 2.75) is 32.9 Å². The van der Waals surface area contributed by atoms with E-state index in [9.17, 15) is 0 Å². The van der Waals surface area contributed by atoms with Crippen LogP contribution < -0.4 is 10.6 Å². The normalized spacial score (nSPS) is 12.4. The zero-order valence-electron chi connectivity index (χ0n) is 11.9. The Balaban J connectivity index is 2.01. The SMILES string of the molecule is Cc1ccc(CN(C)c2ccc(CC(C)N)cc2)o1. The summed E-state index contributed by atoms with van der Waals surface area (Å²) in [5.74, 6) is 1.94. The summed E-state index contributed by atoms with van der Waals surface area (Å²) in [7, 11) is 2.07. The zero-order valence-corrected chi connectivity index (χ0v) is 11.9. The molecular formula is C16H22N2O. The average molecular weight is 258 g/mol. The summed E-state index contributed by atoms with van der Waals surface area (Å²) in [6.45, 7) is 4.77. The molecule has 0 aliphatic heterocycles. The van der Waals surface area contributed by atoms with Crippen LogP contribution in [0.15, 0.2) is 40.8 Å². The summed E-state index contributed by atoms with van der Waals surface area (Å²) in [5.41, 5.74) is 8.27. The molecule has 2 rings (SSSR count). The molecule has 0 aliphatic carbocycles. The number of anilines is 1. The summed E-state index contributed by atoms with van der Waals surface area (Å²) < 4.78 is 5.59. The Kier molecular flexibility index (Phi) is 4.27. The third-order valence-electron chi connectivity index (χ3n) is 3.12. The number of nitrogens with zero attached hydrogens (tertiary/aromatic N) is 1. The third-order valence-corrected chi connectivity index (χ3v) is 3.12. The minimum Gasteiger partial charge on any atom is -0.464 e. The van der Waals surface area contributed by atoms with Crippen LogP contribution in [0.3, 0.4) is 0 Å². The van der Waals surface area contributed by atoms with Crippen molar-refractivity contribution < 1.29 is 4.42 Å². The van der Waals surface area contributed by atoms with E-state index in [2.05, 4.69) is 36.2 Å². The van der Waals surface area contributed by atoms with Gasteiger partial charge >= 0.3 is 0 Å². The van der Waals surface area contributed by atoms with Gasteiger partial charge in [0, 0.05) is 18.8 Å². The molecule has 2 N–H and O–H groups in total. The molecule has 1 aromatic heterocycles. The maximum atomic E-state index is 5.80. The first kappa shape index (κ1) is 13.7. The van der Waals surface area contributed by atoms with Gasteiger partial charge < -0.3 is 15.1 Å². The highest BCUT2D eigenvalue weighted by molar-refractivity contribution is 5.47. The molecule has 102 valence electrons. The summed E-state index contributed by atoms with van der Waals surface area (Å²) in [6, 6.07) is 12.8. The summed E-state index contributed by atoms with van der Waals surface area (Å²) in [6.07, 6.45) is 0.918. The van der Waals surface area contributed by atoms with Crippen molar-refractivity contribution in [3.05, 3.63) is 53.5 Å². The molecule has 0 fully saturated rings. The van der Waals surface area contributed by atoms with Crippen molar-refractivity contribution in [2.75, 3.05) is 11.9 Å². The zero-order chi connectivity index (χ0) is 13.8. The monoisotopic (exact) mass is 258 g/mol. The van der Waals surface area contributed by atoms with Crippen LogP contribution in [0, 0.1) is 6.92 Å². The molecule has 0 amide bonds.